The Labute approximate surface area is 260 Å². The van der Waals surface area contributed by atoms with E-state index in [0.29, 0.717) is 17.5 Å². The Kier molecular flexibility index (Phi) is 5.91. The van der Waals surface area contributed by atoms with Crippen molar-refractivity contribution in [1.82, 2.24) is 15.0 Å². The molecule has 4 nitrogen and oxygen atoms in total. The minimum Gasteiger partial charge on any atom is -0.455 e. The van der Waals surface area contributed by atoms with Gasteiger partial charge in [-0.15, -0.1) is 0 Å². The van der Waals surface area contributed by atoms with Gasteiger partial charge in [0, 0.05) is 33.0 Å². The molecule has 6 aromatic carbocycles. The summed E-state index contributed by atoms with van der Waals surface area (Å²) in [5, 5.41) is 4.33. The Hall–Kier alpha value is -5.87. The van der Waals surface area contributed by atoms with E-state index >= 15 is 0 Å². The van der Waals surface area contributed by atoms with Crippen LogP contribution >= 0.6 is 0 Å². The maximum absolute atomic E-state index is 6.66. The van der Waals surface area contributed by atoms with Crippen LogP contribution in [0.4, 0.5) is 0 Å². The second kappa shape index (κ2) is 10.4. The number of aryl methyl sites for hydroxylation is 1. The molecule has 1 aliphatic rings. The zero-order valence-corrected chi connectivity index (χ0v) is 24.4. The fraction of sp³-hybridized carbons (Fsp3) is 0.0488. The third-order valence-electron chi connectivity index (χ3n) is 8.86. The lowest BCUT2D eigenvalue weighted by molar-refractivity contribution is 0.667. The lowest BCUT2D eigenvalue weighted by Gasteiger charge is -2.17. The van der Waals surface area contributed by atoms with Gasteiger partial charge in [0.25, 0.3) is 0 Å². The van der Waals surface area contributed by atoms with Crippen LogP contribution in [0.1, 0.15) is 23.1 Å². The Morgan fingerprint density at radius 2 is 1.18 bits per heavy atom. The number of furan rings is 1. The summed E-state index contributed by atoms with van der Waals surface area (Å²) in [6.45, 7) is 0. The Morgan fingerprint density at radius 3 is 2.09 bits per heavy atom. The quantitative estimate of drug-likeness (QED) is 0.209. The van der Waals surface area contributed by atoms with Crippen molar-refractivity contribution in [3.05, 3.63) is 150 Å². The normalized spacial score (nSPS) is 12.8. The van der Waals surface area contributed by atoms with Crippen LogP contribution < -0.4 is 0 Å². The number of benzene rings is 6. The fourth-order valence-electron chi connectivity index (χ4n) is 6.67. The Balaban J connectivity index is 1.31. The molecular formula is C41H27N3O. The fourth-order valence-corrected chi connectivity index (χ4v) is 6.67. The third-order valence-corrected chi connectivity index (χ3v) is 8.86. The first-order chi connectivity index (χ1) is 22.3. The lowest BCUT2D eigenvalue weighted by Crippen LogP contribution is -2.02. The summed E-state index contributed by atoms with van der Waals surface area (Å²) < 4.78 is 6.66. The van der Waals surface area contributed by atoms with Crippen molar-refractivity contribution in [3.8, 4) is 34.2 Å². The summed E-state index contributed by atoms with van der Waals surface area (Å²) in [6.07, 6.45) is 4.28. The van der Waals surface area contributed by atoms with Gasteiger partial charge in [-0.2, -0.15) is 0 Å². The molecule has 45 heavy (non-hydrogen) atoms. The van der Waals surface area contributed by atoms with E-state index in [-0.39, 0.29) is 0 Å². The van der Waals surface area contributed by atoms with Gasteiger partial charge in [0.2, 0.25) is 0 Å². The predicted octanol–water partition coefficient (Wildman–Crippen LogP) is 10.4. The molecule has 0 saturated heterocycles. The summed E-state index contributed by atoms with van der Waals surface area (Å²) in [5.74, 6) is 1.91. The number of rotatable bonds is 4. The minimum atomic E-state index is 0.623. The monoisotopic (exact) mass is 577 g/mol. The van der Waals surface area contributed by atoms with Crippen LogP contribution in [-0.4, -0.2) is 15.0 Å². The molecule has 0 fully saturated rings. The molecule has 2 aromatic heterocycles. The van der Waals surface area contributed by atoms with Gasteiger partial charge in [-0.3, -0.25) is 0 Å². The van der Waals surface area contributed by atoms with Crippen molar-refractivity contribution in [1.29, 1.82) is 0 Å². The lowest BCUT2D eigenvalue weighted by atomic mass is 9.87. The van der Waals surface area contributed by atoms with E-state index in [1.165, 1.54) is 16.7 Å². The minimum absolute atomic E-state index is 0.623. The largest absolute Gasteiger partial charge is 0.455 e. The zero-order chi connectivity index (χ0) is 29.7. The number of fused-ring (bicyclic) bond motifs is 5. The number of nitrogens with zero attached hydrogens (tertiary/aromatic N) is 3. The van der Waals surface area contributed by atoms with E-state index < -0.39 is 0 Å². The predicted molar refractivity (Wildman–Crippen MR) is 184 cm³/mol. The molecule has 2 heterocycles. The van der Waals surface area contributed by atoms with Gasteiger partial charge in [0.1, 0.15) is 11.2 Å². The highest BCUT2D eigenvalue weighted by molar-refractivity contribution is 6.15. The SMILES string of the molecule is C1=C(c2ccc(-c3nc(-c4ccccc4)nc(-c4cccc5ccccc45)n3)c3c2oc2ccccc23)CCc2ccccc21. The summed E-state index contributed by atoms with van der Waals surface area (Å²) in [7, 11) is 0. The van der Waals surface area contributed by atoms with Crippen LogP contribution in [0.25, 0.3) is 78.5 Å². The maximum Gasteiger partial charge on any atom is 0.164 e. The molecule has 0 amide bonds. The summed E-state index contributed by atoms with van der Waals surface area (Å²) in [6, 6.07) is 46.0. The second-order valence-corrected chi connectivity index (χ2v) is 11.5. The first-order valence-corrected chi connectivity index (χ1v) is 15.3. The van der Waals surface area contributed by atoms with Gasteiger partial charge >= 0.3 is 0 Å². The van der Waals surface area contributed by atoms with Crippen LogP contribution in [0.2, 0.25) is 0 Å². The summed E-state index contributed by atoms with van der Waals surface area (Å²) >= 11 is 0. The topological polar surface area (TPSA) is 51.8 Å². The molecule has 4 heteroatoms. The van der Waals surface area contributed by atoms with Gasteiger partial charge in [0.15, 0.2) is 17.5 Å². The van der Waals surface area contributed by atoms with Crippen LogP contribution in [0.15, 0.2) is 138 Å². The highest BCUT2D eigenvalue weighted by atomic mass is 16.3. The van der Waals surface area contributed by atoms with Crippen LogP contribution in [0.3, 0.4) is 0 Å². The smallest absolute Gasteiger partial charge is 0.164 e. The van der Waals surface area contributed by atoms with E-state index in [1.54, 1.807) is 0 Å². The van der Waals surface area contributed by atoms with E-state index in [9.17, 15) is 0 Å². The number of allylic oxidation sites excluding steroid dienone is 1. The van der Waals surface area contributed by atoms with Crippen molar-refractivity contribution in [2.45, 2.75) is 12.8 Å². The Morgan fingerprint density at radius 1 is 0.489 bits per heavy atom. The van der Waals surface area contributed by atoms with Crippen LogP contribution in [0, 0.1) is 0 Å². The third kappa shape index (κ3) is 4.34. The molecule has 0 bridgehead atoms. The first kappa shape index (κ1) is 25.6. The van der Waals surface area contributed by atoms with E-state index in [4.69, 9.17) is 19.4 Å². The molecule has 0 saturated carbocycles. The number of para-hydroxylation sites is 1. The number of hydrogen-bond acceptors (Lipinski definition) is 4. The molecule has 0 aliphatic heterocycles. The molecule has 212 valence electrons. The van der Waals surface area contributed by atoms with E-state index in [1.807, 2.05) is 42.5 Å². The van der Waals surface area contributed by atoms with Gasteiger partial charge in [-0.05, 0) is 52.4 Å². The molecule has 9 rings (SSSR count). The standard InChI is InChI=1S/C41H27N3O/c1-2-13-28(14-3-1)39-42-40(33-19-10-16-27-12-6-7-17-31(27)33)44-41(43-39)35-24-23-32(30-22-21-26-11-4-5-15-29(26)25-30)38-37(35)34-18-8-9-20-36(34)45-38/h1-20,23-25H,21-22H2. The average Bonchev–Trinajstić information content (AvgIpc) is 3.51. The molecule has 8 aromatic rings. The van der Waals surface area contributed by atoms with Gasteiger partial charge in [0.05, 0.1) is 0 Å². The van der Waals surface area contributed by atoms with Crippen molar-refractivity contribution >= 4 is 44.4 Å². The molecule has 0 unspecified atom stereocenters. The Bertz CT molecular complexity index is 2430. The van der Waals surface area contributed by atoms with Gasteiger partial charge < -0.3 is 4.42 Å². The zero-order valence-electron chi connectivity index (χ0n) is 24.4. The number of hydrogen-bond donors (Lipinski definition) is 0. The molecule has 0 radical (unpaired) electrons. The van der Waals surface area contributed by atoms with Gasteiger partial charge in [-0.25, -0.2) is 15.0 Å². The average molecular weight is 578 g/mol. The maximum atomic E-state index is 6.66. The van der Waals surface area contributed by atoms with E-state index in [2.05, 4.69) is 97.1 Å². The summed E-state index contributed by atoms with van der Waals surface area (Å²) in [4.78, 5) is 15.3. The van der Waals surface area contributed by atoms with Crippen molar-refractivity contribution in [2.75, 3.05) is 0 Å². The van der Waals surface area contributed by atoms with E-state index in [0.717, 1.165) is 67.8 Å². The molecular weight excluding hydrogens is 550 g/mol. The molecule has 0 atom stereocenters. The van der Waals surface area contributed by atoms with Crippen LogP contribution in [0.5, 0.6) is 0 Å². The van der Waals surface area contributed by atoms with Crippen LogP contribution in [-0.2, 0) is 6.42 Å². The van der Waals surface area contributed by atoms with Crippen molar-refractivity contribution in [3.63, 3.8) is 0 Å². The molecule has 0 spiro atoms. The number of aromatic nitrogens is 3. The molecule has 0 N–H and O–H groups in total. The van der Waals surface area contributed by atoms with Crippen molar-refractivity contribution < 1.29 is 4.42 Å². The molecule has 1 aliphatic carbocycles. The first-order valence-electron chi connectivity index (χ1n) is 15.3. The van der Waals surface area contributed by atoms with Crippen molar-refractivity contribution in [2.24, 2.45) is 0 Å². The highest BCUT2D eigenvalue weighted by Crippen LogP contribution is 2.42. The summed E-state index contributed by atoms with van der Waals surface area (Å²) in [5.41, 5.74) is 9.62. The highest BCUT2D eigenvalue weighted by Gasteiger charge is 2.22. The van der Waals surface area contributed by atoms with Gasteiger partial charge in [-0.1, -0.05) is 127 Å². The second-order valence-electron chi connectivity index (χ2n) is 11.5.